The highest BCUT2D eigenvalue weighted by atomic mass is 16.5. The van der Waals surface area contributed by atoms with E-state index in [1.54, 1.807) is 0 Å². The molecule has 18 heavy (non-hydrogen) atoms. The molecule has 0 bridgehead atoms. The fraction of sp³-hybridized carbons (Fsp3) is 0.923. The van der Waals surface area contributed by atoms with Crippen LogP contribution in [0.5, 0.6) is 0 Å². The predicted molar refractivity (Wildman–Crippen MR) is 68.4 cm³/mol. The summed E-state index contributed by atoms with van der Waals surface area (Å²) in [7, 11) is 0. The Bertz CT molecular complexity index is 267. The summed E-state index contributed by atoms with van der Waals surface area (Å²) in [6.45, 7) is 7.22. The normalized spacial score (nSPS) is 29.3. The summed E-state index contributed by atoms with van der Waals surface area (Å²) in [4.78, 5) is 14.3. The molecule has 1 amide bonds. The molecule has 0 spiro atoms. The third kappa shape index (κ3) is 3.67. The van der Waals surface area contributed by atoms with Crippen LogP contribution in [0.25, 0.3) is 0 Å². The number of nitrogens with zero attached hydrogens (tertiary/aromatic N) is 1. The molecule has 0 saturated carbocycles. The number of piperidine rings is 1. The summed E-state index contributed by atoms with van der Waals surface area (Å²) in [5.74, 6) is 0.683. The van der Waals surface area contributed by atoms with Gasteiger partial charge in [-0.05, 0) is 25.7 Å². The van der Waals surface area contributed by atoms with Crippen molar-refractivity contribution in [3.05, 3.63) is 0 Å². The first-order chi connectivity index (χ1) is 8.81. The van der Waals surface area contributed by atoms with Crippen molar-refractivity contribution >= 4 is 5.91 Å². The Morgan fingerprint density at radius 1 is 1.56 bits per heavy atom. The third-order valence-corrected chi connectivity index (χ3v) is 3.61. The van der Waals surface area contributed by atoms with Gasteiger partial charge in [0.1, 0.15) is 6.04 Å². The molecular weight excluding hydrogens is 232 g/mol. The number of likely N-dealkylation sites (tertiary alicyclic amines) is 1. The monoisotopic (exact) mass is 256 g/mol. The maximum Gasteiger partial charge on any atom is 0.242 e. The number of rotatable bonds is 4. The maximum atomic E-state index is 12.3. The van der Waals surface area contributed by atoms with E-state index >= 15 is 0 Å². The predicted octanol–water partition coefficient (Wildman–Crippen LogP) is 0.250. The van der Waals surface area contributed by atoms with E-state index in [0.29, 0.717) is 19.1 Å². The van der Waals surface area contributed by atoms with E-state index in [1.165, 1.54) is 6.42 Å². The number of nitrogens with one attached hydrogen (secondary N) is 1. The minimum Gasteiger partial charge on any atom is -0.381 e. The molecule has 0 aromatic carbocycles. The van der Waals surface area contributed by atoms with Crippen molar-refractivity contribution < 1.29 is 14.3 Å². The quantitative estimate of drug-likeness (QED) is 0.783. The van der Waals surface area contributed by atoms with Crippen molar-refractivity contribution in [2.45, 2.75) is 25.8 Å². The van der Waals surface area contributed by atoms with Crippen LogP contribution in [0.1, 0.15) is 19.8 Å². The Labute approximate surface area is 109 Å². The molecule has 5 heteroatoms. The van der Waals surface area contributed by atoms with Crippen LogP contribution in [-0.2, 0) is 14.3 Å². The van der Waals surface area contributed by atoms with Crippen LogP contribution in [0, 0.1) is 5.92 Å². The van der Waals surface area contributed by atoms with E-state index in [0.717, 1.165) is 39.3 Å². The standard InChI is InChI=1S/C13H24N2O3/c1-2-17-9-11-4-3-6-15(8-11)13(16)12-10-18-7-5-14-12/h11-12,14H,2-10H2,1H3. The van der Waals surface area contributed by atoms with Gasteiger partial charge in [-0.1, -0.05) is 0 Å². The van der Waals surface area contributed by atoms with E-state index in [-0.39, 0.29) is 11.9 Å². The summed E-state index contributed by atoms with van der Waals surface area (Å²) >= 11 is 0. The Balaban J connectivity index is 1.81. The van der Waals surface area contributed by atoms with Crippen molar-refractivity contribution in [3.63, 3.8) is 0 Å². The maximum absolute atomic E-state index is 12.3. The summed E-state index contributed by atoms with van der Waals surface area (Å²) < 4.78 is 10.8. The van der Waals surface area contributed by atoms with Gasteiger partial charge in [0.15, 0.2) is 0 Å². The second-order valence-corrected chi connectivity index (χ2v) is 5.03. The number of morpholine rings is 1. The summed E-state index contributed by atoms with van der Waals surface area (Å²) in [6.07, 6.45) is 2.25. The molecule has 0 aromatic rings. The Kier molecular flexibility index (Phi) is 5.41. The Hall–Kier alpha value is -0.650. The minimum atomic E-state index is -0.149. The van der Waals surface area contributed by atoms with Crippen molar-refractivity contribution in [1.29, 1.82) is 0 Å². The summed E-state index contributed by atoms with van der Waals surface area (Å²) in [6, 6.07) is -0.149. The molecule has 5 nitrogen and oxygen atoms in total. The van der Waals surface area contributed by atoms with Crippen LogP contribution >= 0.6 is 0 Å². The molecule has 2 aliphatic rings. The molecule has 2 rings (SSSR count). The molecule has 2 atom stereocenters. The molecule has 2 unspecified atom stereocenters. The minimum absolute atomic E-state index is 0.149. The zero-order valence-electron chi connectivity index (χ0n) is 11.2. The second kappa shape index (κ2) is 7.07. The molecule has 1 N–H and O–H groups in total. The smallest absolute Gasteiger partial charge is 0.242 e. The van der Waals surface area contributed by atoms with Gasteiger partial charge in [0.2, 0.25) is 5.91 Å². The third-order valence-electron chi connectivity index (χ3n) is 3.61. The van der Waals surface area contributed by atoms with Gasteiger partial charge < -0.3 is 19.7 Å². The van der Waals surface area contributed by atoms with Gasteiger partial charge in [-0.25, -0.2) is 0 Å². The molecule has 2 heterocycles. The molecule has 0 aromatic heterocycles. The molecule has 0 radical (unpaired) electrons. The average Bonchev–Trinajstić information content (AvgIpc) is 2.45. The molecule has 0 aliphatic carbocycles. The van der Waals surface area contributed by atoms with Crippen LogP contribution < -0.4 is 5.32 Å². The van der Waals surface area contributed by atoms with Gasteiger partial charge in [0, 0.05) is 26.2 Å². The van der Waals surface area contributed by atoms with Gasteiger partial charge in [0.05, 0.1) is 19.8 Å². The lowest BCUT2D eigenvalue weighted by atomic mass is 9.98. The highest BCUT2D eigenvalue weighted by molar-refractivity contribution is 5.82. The number of carbonyl (C=O) groups excluding carboxylic acids is 1. The topological polar surface area (TPSA) is 50.8 Å². The number of hydrogen-bond acceptors (Lipinski definition) is 4. The lowest BCUT2D eigenvalue weighted by molar-refractivity contribution is -0.138. The number of hydrogen-bond donors (Lipinski definition) is 1. The molecule has 2 saturated heterocycles. The van der Waals surface area contributed by atoms with Crippen LogP contribution in [0.15, 0.2) is 0 Å². The highest BCUT2D eigenvalue weighted by Crippen LogP contribution is 2.18. The van der Waals surface area contributed by atoms with E-state index in [4.69, 9.17) is 9.47 Å². The van der Waals surface area contributed by atoms with Crippen molar-refractivity contribution in [2.75, 3.05) is 46.1 Å². The van der Waals surface area contributed by atoms with E-state index < -0.39 is 0 Å². The lowest BCUT2D eigenvalue weighted by Gasteiger charge is -2.36. The number of amides is 1. The number of ether oxygens (including phenoxy) is 2. The average molecular weight is 256 g/mol. The second-order valence-electron chi connectivity index (χ2n) is 5.03. The van der Waals surface area contributed by atoms with Gasteiger partial charge in [-0.3, -0.25) is 4.79 Å². The largest absolute Gasteiger partial charge is 0.381 e. The van der Waals surface area contributed by atoms with E-state index in [9.17, 15) is 4.79 Å². The fourth-order valence-corrected chi connectivity index (χ4v) is 2.63. The first-order valence-corrected chi connectivity index (χ1v) is 6.99. The molecule has 2 fully saturated rings. The van der Waals surface area contributed by atoms with Crippen molar-refractivity contribution in [3.8, 4) is 0 Å². The van der Waals surface area contributed by atoms with Crippen LogP contribution in [0.3, 0.4) is 0 Å². The van der Waals surface area contributed by atoms with Crippen molar-refractivity contribution in [2.24, 2.45) is 5.92 Å². The van der Waals surface area contributed by atoms with Gasteiger partial charge in [0.25, 0.3) is 0 Å². The molecule has 2 aliphatic heterocycles. The molecular formula is C13H24N2O3. The summed E-state index contributed by atoms with van der Waals surface area (Å²) in [5.41, 5.74) is 0. The van der Waals surface area contributed by atoms with Gasteiger partial charge in [-0.15, -0.1) is 0 Å². The van der Waals surface area contributed by atoms with Crippen molar-refractivity contribution in [1.82, 2.24) is 10.2 Å². The van der Waals surface area contributed by atoms with Gasteiger partial charge >= 0.3 is 0 Å². The lowest BCUT2D eigenvalue weighted by Crippen LogP contribution is -2.54. The Morgan fingerprint density at radius 3 is 3.17 bits per heavy atom. The SMILES string of the molecule is CCOCC1CCCN(C(=O)C2COCCN2)C1. The highest BCUT2D eigenvalue weighted by Gasteiger charge is 2.29. The summed E-state index contributed by atoms with van der Waals surface area (Å²) in [5, 5.41) is 3.23. The first-order valence-electron chi connectivity index (χ1n) is 6.99. The van der Waals surface area contributed by atoms with Gasteiger partial charge in [-0.2, -0.15) is 0 Å². The first kappa shape index (κ1) is 13.8. The molecule has 104 valence electrons. The zero-order chi connectivity index (χ0) is 12.8. The zero-order valence-corrected chi connectivity index (χ0v) is 11.2. The van der Waals surface area contributed by atoms with Crippen LogP contribution in [0.4, 0.5) is 0 Å². The fourth-order valence-electron chi connectivity index (χ4n) is 2.63. The van der Waals surface area contributed by atoms with Crippen LogP contribution in [-0.4, -0.2) is 62.9 Å². The van der Waals surface area contributed by atoms with E-state index in [2.05, 4.69) is 5.32 Å². The Morgan fingerprint density at radius 2 is 2.44 bits per heavy atom. The van der Waals surface area contributed by atoms with E-state index in [1.807, 2.05) is 11.8 Å². The van der Waals surface area contributed by atoms with Crippen LogP contribution in [0.2, 0.25) is 0 Å². The number of carbonyl (C=O) groups is 1.